The molecule has 1 atom stereocenters. The maximum Gasteiger partial charge on any atom is 0.257 e. The van der Waals surface area contributed by atoms with Crippen LogP contribution >= 0.6 is 0 Å². The maximum atomic E-state index is 13.3. The van der Waals surface area contributed by atoms with Crippen LogP contribution in [0.25, 0.3) is 0 Å². The summed E-state index contributed by atoms with van der Waals surface area (Å²) in [5.41, 5.74) is -0.656. The van der Waals surface area contributed by atoms with E-state index in [9.17, 15) is 23.2 Å². The summed E-state index contributed by atoms with van der Waals surface area (Å²) in [6, 6.07) is 3.23. The molecule has 150 valence electrons. The third-order valence-corrected chi connectivity index (χ3v) is 4.41. The summed E-state index contributed by atoms with van der Waals surface area (Å²) >= 11 is 0. The van der Waals surface area contributed by atoms with Gasteiger partial charge in [0.15, 0.2) is 11.6 Å². The second-order valence-corrected chi connectivity index (χ2v) is 6.41. The fourth-order valence-electron chi connectivity index (χ4n) is 2.57. The van der Waals surface area contributed by atoms with Crippen LogP contribution < -0.4 is 16.1 Å². The van der Waals surface area contributed by atoms with E-state index in [1.165, 1.54) is 18.5 Å². The minimum atomic E-state index is -1.02. The molecular weight excluding hydrogens is 368 g/mol. The molecule has 1 aromatic heterocycles. The monoisotopic (exact) mass is 391 g/mol. The highest BCUT2D eigenvalue weighted by molar-refractivity contribution is 5.99. The molecule has 0 saturated heterocycles. The number of halogens is 2. The van der Waals surface area contributed by atoms with Crippen molar-refractivity contribution in [2.75, 3.05) is 6.54 Å². The Bertz CT molecular complexity index is 941. The molecule has 1 aromatic carbocycles. The van der Waals surface area contributed by atoms with Gasteiger partial charge in [0, 0.05) is 31.5 Å². The van der Waals surface area contributed by atoms with Crippen LogP contribution in [0, 0.1) is 11.6 Å². The Kier molecular flexibility index (Phi) is 7.03. The zero-order chi connectivity index (χ0) is 20.8. The number of nitrogens with zero attached hydrogens (tertiary/aromatic N) is 1. The fourth-order valence-corrected chi connectivity index (χ4v) is 2.57. The molecule has 2 aromatic rings. The Morgan fingerprint density at radius 2 is 1.64 bits per heavy atom. The van der Waals surface area contributed by atoms with Crippen LogP contribution in [-0.2, 0) is 6.54 Å². The Morgan fingerprint density at radius 3 is 2.18 bits per heavy atom. The lowest BCUT2D eigenvalue weighted by atomic mass is 10.1. The average molecular weight is 391 g/mol. The van der Waals surface area contributed by atoms with Crippen molar-refractivity contribution in [1.82, 2.24) is 15.2 Å². The number of nitrogens with one attached hydrogen (secondary N) is 2. The highest BCUT2D eigenvalue weighted by Crippen LogP contribution is 2.12. The van der Waals surface area contributed by atoms with Crippen LogP contribution in [0.1, 0.15) is 59.5 Å². The SMILES string of the molecule is CCNC(=O)c1cn([C@H](C)CC)cc(C(=O)NCc2ccc(F)c(F)c2)c1=O. The lowest BCUT2D eigenvalue weighted by Gasteiger charge is -2.17. The van der Waals surface area contributed by atoms with E-state index in [0.29, 0.717) is 12.1 Å². The lowest BCUT2D eigenvalue weighted by Crippen LogP contribution is -2.35. The number of pyridine rings is 1. The highest BCUT2D eigenvalue weighted by Gasteiger charge is 2.20. The predicted octanol–water partition coefficient (Wildman–Crippen LogP) is 2.78. The van der Waals surface area contributed by atoms with Gasteiger partial charge in [-0.25, -0.2) is 8.78 Å². The number of hydrogen-bond donors (Lipinski definition) is 2. The van der Waals surface area contributed by atoms with Gasteiger partial charge in [-0.15, -0.1) is 0 Å². The van der Waals surface area contributed by atoms with Crippen molar-refractivity contribution in [2.45, 2.75) is 39.8 Å². The van der Waals surface area contributed by atoms with Crippen LogP contribution in [0.2, 0.25) is 0 Å². The molecule has 0 radical (unpaired) electrons. The topological polar surface area (TPSA) is 80.2 Å². The zero-order valence-electron chi connectivity index (χ0n) is 16.0. The van der Waals surface area contributed by atoms with E-state index in [2.05, 4.69) is 10.6 Å². The molecule has 0 aliphatic rings. The number of carbonyl (C=O) groups is 2. The van der Waals surface area contributed by atoms with Gasteiger partial charge in [-0.1, -0.05) is 13.0 Å². The zero-order valence-corrected chi connectivity index (χ0v) is 16.0. The Labute approximate surface area is 161 Å². The van der Waals surface area contributed by atoms with E-state index in [1.807, 2.05) is 13.8 Å². The Balaban J connectivity index is 2.34. The van der Waals surface area contributed by atoms with Crippen molar-refractivity contribution >= 4 is 11.8 Å². The van der Waals surface area contributed by atoms with Gasteiger partial charge >= 0.3 is 0 Å². The molecule has 6 nitrogen and oxygen atoms in total. The van der Waals surface area contributed by atoms with E-state index in [-0.39, 0.29) is 23.7 Å². The standard InChI is InChI=1S/C20H23F2N3O3/c1-4-12(3)25-10-14(19(27)23-5-2)18(26)15(11-25)20(28)24-9-13-6-7-16(21)17(22)8-13/h6-8,10-12H,4-5,9H2,1-3H3,(H,23,27)(H,24,28)/t12-/m1/s1. The summed E-state index contributed by atoms with van der Waals surface area (Å²) in [6.07, 6.45) is 3.57. The molecule has 2 N–H and O–H groups in total. The first-order valence-corrected chi connectivity index (χ1v) is 9.04. The first-order chi connectivity index (χ1) is 13.3. The van der Waals surface area contributed by atoms with E-state index in [4.69, 9.17) is 0 Å². The number of benzene rings is 1. The summed E-state index contributed by atoms with van der Waals surface area (Å²) in [5, 5.41) is 5.07. The molecule has 0 saturated carbocycles. The van der Waals surface area contributed by atoms with Crippen LogP contribution in [0.15, 0.2) is 35.4 Å². The van der Waals surface area contributed by atoms with Gasteiger partial charge in [-0.2, -0.15) is 0 Å². The number of carbonyl (C=O) groups excluding carboxylic acids is 2. The van der Waals surface area contributed by atoms with E-state index in [1.54, 1.807) is 11.5 Å². The van der Waals surface area contributed by atoms with E-state index in [0.717, 1.165) is 18.6 Å². The smallest absolute Gasteiger partial charge is 0.257 e. The fraction of sp³-hybridized carbons (Fsp3) is 0.350. The summed E-state index contributed by atoms with van der Waals surface area (Å²) in [4.78, 5) is 37.4. The van der Waals surface area contributed by atoms with Crippen molar-refractivity contribution < 1.29 is 18.4 Å². The molecule has 8 heteroatoms. The first kappa shape index (κ1) is 21.3. The summed E-state index contributed by atoms with van der Waals surface area (Å²) < 4.78 is 28.0. The average Bonchev–Trinajstić information content (AvgIpc) is 2.68. The molecule has 1 heterocycles. The molecule has 0 bridgehead atoms. The van der Waals surface area contributed by atoms with E-state index >= 15 is 0 Å². The maximum absolute atomic E-state index is 13.3. The third kappa shape index (κ3) is 4.82. The van der Waals surface area contributed by atoms with Gasteiger partial charge in [0.25, 0.3) is 11.8 Å². The van der Waals surface area contributed by atoms with Gasteiger partial charge in [-0.05, 0) is 38.0 Å². The van der Waals surface area contributed by atoms with Crippen molar-refractivity contribution in [1.29, 1.82) is 0 Å². The second-order valence-electron chi connectivity index (χ2n) is 6.41. The molecule has 0 aliphatic heterocycles. The van der Waals surface area contributed by atoms with Crippen LogP contribution in [0.4, 0.5) is 8.78 Å². The van der Waals surface area contributed by atoms with Gasteiger partial charge in [0.2, 0.25) is 5.43 Å². The Hall–Kier alpha value is -3.03. The molecule has 28 heavy (non-hydrogen) atoms. The van der Waals surface area contributed by atoms with Crippen molar-refractivity contribution in [2.24, 2.45) is 0 Å². The summed E-state index contributed by atoms with van der Waals surface area (Å²) in [7, 11) is 0. The minimum absolute atomic E-state index is 0.0356. The van der Waals surface area contributed by atoms with Crippen LogP contribution in [0.3, 0.4) is 0 Å². The molecule has 2 amide bonds. The molecular formula is C20H23F2N3O3. The Morgan fingerprint density at radius 1 is 1.04 bits per heavy atom. The van der Waals surface area contributed by atoms with Crippen LogP contribution in [-0.4, -0.2) is 22.9 Å². The van der Waals surface area contributed by atoms with Gasteiger partial charge in [0.1, 0.15) is 11.1 Å². The van der Waals surface area contributed by atoms with Crippen molar-refractivity contribution in [3.05, 3.63) is 69.1 Å². The third-order valence-electron chi connectivity index (χ3n) is 4.41. The van der Waals surface area contributed by atoms with Gasteiger partial charge in [0.05, 0.1) is 0 Å². The summed E-state index contributed by atoms with van der Waals surface area (Å²) in [5.74, 6) is -3.26. The molecule has 0 aliphatic carbocycles. The van der Waals surface area contributed by atoms with Gasteiger partial charge in [-0.3, -0.25) is 14.4 Å². The minimum Gasteiger partial charge on any atom is -0.352 e. The highest BCUT2D eigenvalue weighted by atomic mass is 19.2. The largest absolute Gasteiger partial charge is 0.352 e. The number of rotatable bonds is 7. The van der Waals surface area contributed by atoms with Crippen LogP contribution in [0.5, 0.6) is 0 Å². The lowest BCUT2D eigenvalue weighted by molar-refractivity contribution is 0.0948. The number of hydrogen-bond acceptors (Lipinski definition) is 3. The van der Waals surface area contributed by atoms with Gasteiger partial charge < -0.3 is 15.2 Å². The normalized spacial score (nSPS) is 11.8. The molecule has 0 fully saturated rings. The summed E-state index contributed by atoms with van der Waals surface area (Å²) in [6.45, 7) is 5.81. The van der Waals surface area contributed by atoms with Crippen molar-refractivity contribution in [3.8, 4) is 0 Å². The quantitative estimate of drug-likeness (QED) is 0.762. The number of amides is 2. The second kappa shape index (κ2) is 9.25. The first-order valence-electron chi connectivity index (χ1n) is 9.04. The van der Waals surface area contributed by atoms with E-state index < -0.39 is 28.9 Å². The molecule has 0 spiro atoms. The van der Waals surface area contributed by atoms with Crippen molar-refractivity contribution in [3.63, 3.8) is 0 Å². The molecule has 0 unspecified atom stereocenters. The predicted molar refractivity (Wildman–Crippen MR) is 101 cm³/mol. The molecule has 2 rings (SSSR count). The number of aromatic nitrogens is 1.